The monoisotopic (exact) mass is 434 g/mol. The van der Waals surface area contributed by atoms with Gasteiger partial charge in [-0.2, -0.15) is 0 Å². The molecule has 0 aromatic heterocycles. The number of benzene rings is 2. The van der Waals surface area contributed by atoms with Crippen LogP contribution in [-0.2, 0) is 29.1 Å². The number of nitrogens with one attached hydrogen (secondary N) is 2. The fourth-order valence-corrected chi connectivity index (χ4v) is 4.27. The normalized spacial score (nSPS) is 15.4. The first-order valence-corrected chi connectivity index (χ1v) is 11.4. The van der Waals surface area contributed by atoms with Crippen LogP contribution in [-0.4, -0.2) is 42.4 Å². The first-order valence-electron chi connectivity index (χ1n) is 11.4. The lowest BCUT2D eigenvalue weighted by molar-refractivity contribution is -0.132. The van der Waals surface area contributed by atoms with E-state index in [4.69, 9.17) is 0 Å². The molecule has 0 atom stereocenters. The van der Waals surface area contributed by atoms with E-state index in [-0.39, 0.29) is 17.8 Å². The first-order chi connectivity index (χ1) is 15.6. The lowest BCUT2D eigenvalue weighted by Crippen LogP contribution is -2.37. The van der Waals surface area contributed by atoms with Gasteiger partial charge < -0.3 is 20.4 Å². The number of hydrogen-bond acceptors (Lipinski definition) is 3. The molecule has 2 aromatic rings. The van der Waals surface area contributed by atoms with Crippen LogP contribution in [0.5, 0.6) is 0 Å². The quantitative estimate of drug-likeness (QED) is 0.658. The number of urea groups is 1. The number of nitrogens with zero attached hydrogens (tertiary/aromatic N) is 2. The van der Waals surface area contributed by atoms with E-state index in [0.29, 0.717) is 38.9 Å². The Morgan fingerprint density at radius 1 is 0.906 bits per heavy atom. The summed E-state index contributed by atoms with van der Waals surface area (Å²) in [6.45, 7) is 3.07. The zero-order valence-electron chi connectivity index (χ0n) is 18.3. The minimum Gasteiger partial charge on any atom is -0.338 e. The van der Waals surface area contributed by atoms with Gasteiger partial charge in [0, 0.05) is 51.3 Å². The van der Waals surface area contributed by atoms with Gasteiger partial charge in [-0.15, -0.1) is 0 Å². The fraction of sp³-hybridized carbons (Fsp3) is 0.400. The molecule has 2 aliphatic rings. The average Bonchev–Trinajstić information content (AvgIpc) is 3.26. The van der Waals surface area contributed by atoms with Crippen LogP contribution >= 0.6 is 0 Å². The van der Waals surface area contributed by atoms with Crippen molar-refractivity contribution in [2.45, 2.75) is 45.2 Å². The molecule has 4 rings (SSSR count). The minimum absolute atomic E-state index is 0.137. The van der Waals surface area contributed by atoms with Gasteiger partial charge in [0.2, 0.25) is 11.8 Å². The molecule has 1 saturated heterocycles. The maximum absolute atomic E-state index is 12.5. The minimum atomic E-state index is -0.247. The molecule has 7 nitrogen and oxygen atoms in total. The van der Waals surface area contributed by atoms with Crippen molar-refractivity contribution in [2.24, 2.45) is 0 Å². The molecule has 2 heterocycles. The number of carbonyl (C=O) groups is 3. The standard InChI is InChI=1S/C25H30N4O3/c30-23(28-16-13-20-5-1-2-6-21(20)18-28)7-3-14-26-25(32)27-17-19-9-11-22(12-10-19)29-15-4-8-24(29)31/h1-2,5-6,9-12H,3-4,7-8,13-18H2,(H2,26,27,32). The van der Waals surface area contributed by atoms with Crippen LogP contribution in [0.15, 0.2) is 48.5 Å². The molecule has 2 aliphatic heterocycles. The molecule has 0 unspecified atom stereocenters. The summed E-state index contributed by atoms with van der Waals surface area (Å²) in [7, 11) is 0. The summed E-state index contributed by atoms with van der Waals surface area (Å²) in [5, 5.41) is 5.65. The van der Waals surface area contributed by atoms with E-state index in [1.165, 1.54) is 11.1 Å². The summed E-state index contributed by atoms with van der Waals surface area (Å²) in [6.07, 6.45) is 3.46. The lowest BCUT2D eigenvalue weighted by atomic mass is 9.99. The molecule has 2 N–H and O–H groups in total. The van der Waals surface area contributed by atoms with Gasteiger partial charge in [0.15, 0.2) is 0 Å². The molecule has 32 heavy (non-hydrogen) atoms. The Hall–Kier alpha value is -3.35. The van der Waals surface area contributed by atoms with Crippen LogP contribution < -0.4 is 15.5 Å². The Morgan fingerprint density at radius 2 is 1.69 bits per heavy atom. The molecule has 0 spiro atoms. The number of anilines is 1. The maximum atomic E-state index is 12.5. The Bertz CT molecular complexity index is 973. The number of amides is 4. The van der Waals surface area contributed by atoms with Crippen molar-refractivity contribution < 1.29 is 14.4 Å². The second-order valence-corrected chi connectivity index (χ2v) is 8.36. The topological polar surface area (TPSA) is 81.8 Å². The van der Waals surface area contributed by atoms with E-state index >= 15 is 0 Å². The van der Waals surface area contributed by atoms with E-state index in [9.17, 15) is 14.4 Å². The van der Waals surface area contributed by atoms with Crippen molar-refractivity contribution in [2.75, 3.05) is 24.5 Å². The van der Waals surface area contributed by atoms with Crippen LogP contribution in [0.1, 0.15) is 42.4 Å². The second kappa shape index (κ2) is 10.3. The summed E-state index contributed by atoms with van der Waals surface area (Å²) in [4.78, 5) is 40.1. The van der Waals surface area contributed by atoms with Crippen molar-refractivity contribution in [3.8, 4) is 0 Å². The van der Waals surface area contributed by atoms with E-state index in [2.05, 4.69) is 22.8 Å². The number of fused-ring (bicyclic) bond motifs is 1. The first kappa shape index (κ1) is 21.9. The molecule has 0 saturated carbocycles. The van der Waals surface area contributed by atoms with Gasteiger partial charge in [0.05, 0.1) is 0 Å². The van der Waals surface area contributed by atoms with Crippen LogP contribution in [0.4, 0.5) is 10.5 Å². The molecule has 168 valence electrons. The highest BCUT2D eigenvalue weighted by atomic mass is 16.2. The second-order valence-electron chi connectivity index (χ2n) is 8.36. The highest BCUT2D eigenvalue weighted by molar-refractivity contribution is 5.95. The highest BCUT2D eigenvalue weighted by Gasteiger charge is 2.21. The molecule has 7 heteroatoms. The lowest BCUT2D eigenvalue weighted by Gasteiger charge is -2.29. The van der Waals surface area contributed by atoms with E-state index in [0.717, 1.165) is 37.2 Å². The summed E-state index contributed by atoms with van der Waals surface area (Å²) in [6, 6.07) is 15.7. The predicted molar refractivity (Wildman–Crippen MR) is 123 cm³/mol. The summed E-state index contributed by atoms with van der Waals surface area (Å²) < 4.78 is 0. The third-order valence-corrected chi connectivity index (χ3v) is 6.11. The van der Waals surface area contributed by atoms with Crippen LogP contribution in [0, 0.1) is 0 Å². The van der Waals surface area contributed by atoms with Gasteiger partial charge in [0.25, 0.3) is 0 Å². The van der Waals surface area contributed by atoms with Gasteiger partial charge in [-0.25, -0.2) is 4.79 Å². The number of carbonyl (C=O) groups excluding carboxylic acids is 3. The SMILES string of the molecule is O=C(NCCCC(=O)N1CCc2ccccc2C1)NCc1ccc(N2CCCC2=O)cc1. The number of rotatable bonds is 7. The summed E-state index contributed by atoms with van der Waals surface area (Å²) in [5.41, 5.74) is 4.43. The van der Waals surface area contributed by atoms with Gasteiger partial charge in [-0.05, 0) is 48.1 Å². The Kier molecular flexibility index (Phi) is 7.04. The van der Waals surface area contributed by atoms with Crippen LogP contribution in [0.2, 0.25) is 0 Å². The van der Waals surface area contributed by atoms with E-state index < -0.39 is 0 Å². The molecule has 0 aliphatic carbocycles. The molecule has 4 amide bonds. The van der Waals surface area contributed by atoms with Crippen molar-refractivity contribution in [1.29, 1.82) is 0 Å². The van der Waals surface area contributed by atoms with Crippen molar-refractivity contribution in [3.63, 3.8) is 0 Å². The van der Waals surface area contributed by atoms with Crippen molar-refractivity contribution in [1.82, 2.24) is 15.5 Å². The highest BCUT2D eigenvalue weighted by Crippen LogP contribution is 2.21. The molecular weight excluding hydrogens is 404 g/mol. The maximum Gasteiger partial charge on any atom is 0.315 e. The fourth-order valence-electron chi connectivity index (χ4n) is 4.27. The average molecular weight is 435 g/mol. The Balaban J connectivity index is 1.12. The molecule has 1 fully saturated rings. The van der Waals surface area contributed by atoms with Gasteiger partial charge in [0.1, 0.15) is 0 Å². The molecule has 0 bridgehead atoms. The van der Waals surface area contributed by atoms with Crippen LogP contribution in [0.25, 0.3) is 0 Å². The zero-order valence-corrected chi connectivity index (χ0v) is 18.3. The van der Waals surface area contributed by atoms with E-state index in [1.54, 1.807) is 4.90 Å². The van der Waals surface area contributed by atoms with E-state index in [1.807, 2.05) is 41.3 Å². The summed E-state index contributed by atoms with van der Waals surface area (Å²) >= 11 is 0. The molecule has 2 aromatic carbocycles. The van der Waals surface area contributed by atoms with Gasteiger partial charge in [-0.3, -0.25) is 9.59 Å². The zero-order chi connectivity index (χ0) is 22.3. The van der Waals surface area contributed by atoms with Gasteiger partial charge in [-0.1, -0.05) is 36.4 Å². The Labute approximate surface area is 188 Å². The van der Waals surface area contributed by atoms with Crippen LogP contribution in [0.3, 0.4) is 0 Å². The third kappa shape index (κ3) is 5.46. The smallest absolute Gasteiger partial charge is 0.315 e. The van der Waals surface area contributed by atoms with Gasteiger partial charge >= 0.3 is 6.03 Å². The number of hydrogen-bond donors (Lipinski definition) is 2. The third-order valence-electron chi connectivity index (χ3n) is 6.11. The predicted octanol–water partition coefficient (Wildman–Crippen LogP) is 2.98. The Morgan fingerprint density at radius 3 is 2.44 bits per heavy atom. The van der Waals surface area contributed by atoms with Crippen molar-refractivity contribution >= 4 is 23.5 Å². The largest absolute Gasteiger partial charge is 0.338 e. The van der Waals surface area contributed by atoms with Crippen molar-refractivity contribution in [3.05, 3.63) is 65.2 Å². The molecular formula is C25H30N4O3. The summed E-state index contributed by atoms with van der Waals surface area (Å²) in [5.74, 6) is 0.303. The molecule has 0 radical (unpaired) electrons.